The van der Waals surface area contributed by atoms with E-state index in [2.05, 4.69) is 10.3 Å². The normalized spacial score (nSPS) is 12.0. The van der Waals surface area contributed by atoms with Crippen molar-refractivity contribution in [2.45, 2.75) is 10.6 Å². The zero-order valence-corrected chi connectivity index (χ0v) is 15.6. The summed E-state index contributed by atoms with van der Waals surface area (Å²) in [5, 5.41) is 24.9. The van der Waals surface area contributed by atoms with Crippen molar-refractivity contribution in [3.8, 4) is 11.3 Å². The number of hydrogen-bond donors (Lipinski definition) is 1. The number of anilines is 1. The number of nitrogens with zero attached hydrogens (tertiary/aromatic N) is 3. The second-order valence-corrected chi connectivity index (χ2v) is 7.88. The highest BCUT2D eigenvalue weighted by Crippen LogP contribution is 2.44. The third-order valence-electron chi connectivity index (χ3n) is 4.01. The van der Waals surface area contributed by atoms with Gasteiger partial charge in [-0.2, -0.15) is 0 Å². The van der Waals surface area contributed by atoms with Crippen molar-refractivity contribution in [1.29, 1.82) is 0 Å². The van der Waals surface area contributed by atoms with E-state index in [1.165, 1.54) is 11.3 Å². The number of thiazole rings is 1. The maximum Gasteiger partial charge on any atom is 0.277 e. The van der Waals surface area contributed by atoms with Crippen molar-refractivity contribution >= 4 is 45.5 Å². The summed E-state index contributed by atoms with van der Waals surface area (Å²) >= 11 is 2.99. The summed E-state index contributed by atoms with van der Waals surface area (Å²) in [6.45, 7) is 0. The van der Waals surface area contributed by atoms with Gasteiger partial charge >= 0.3 is 0 Å². The van der Waals surface area contributed by atoms with Crippen molar-refractivity contribution in [2.24, 2.45) is 0 Å². The number of hydrogen-bond acceptors (Lipinski definition) is 8. The Morgan fingerprint density at radius 2 is 1.75 bits per heavy atom. The first kappa shape index (κ1) is 18.1. The van der Waals surface area contributed by atoms with Gasteiger partial charge in [0.2, 0.25) is 0 Å². The van der Waals surface area contributed by atoms with E-state index in [1.807, 2.05) is 24.3 Å². The molecule has 1 aliphatic rings. The number of nitro groups is 2. The summed E-state index contributed by atoms with van der Waals surface area (Å²) in [6, 6.07) is 10.6. The lowest BCUT2D eigenvalue weighted by Crippen LogP contribution is -2.12. The Kier molecular flexibility index (Phi) is 4.53. The fourth-order valence-corrected chi connectivity index (χ4v) is 4.85. The smallest absolute Gasteiger partial charge is 0.277 e. The Hall–Kier alpha value is -3.31. The molecule has 3 aromatic rings. The van der Waals surface area contributed by atoms with E-state index in [0.717, 1.165) is 45.0 Å². The number of carbonyl (C=O) groups is 1. The number of carbonyl (C=O) groups excluding carboxylic acids is 1. The van der Waals surface area contributed by atoms with Crippen LogP contribution in [0.3, 0.4) is 0 Å². The highest BCUT2D eigenvalue weighted by molar-refractivity contribution is 7.98. The lowest BCUT2D eigenvalue weighted by atomic mass is 10.1. The Morgan fingerprint density at radius 1 is 1.07 bits per heavy atom. The van der Waals surface area contributed by atoms with Gasteiger partial charge in [-0.3, -0.25) is 30.3 Å². The minimum atomic E-state index is -0.778. The second kappa shape index (κ2) is 7.02. The van der Waals surface area contributed by atoms with E-state index in [9.17, 15) is 25.0 Å². The van der Waals surface area contributed by atoms with E-state index in [-0.39, 0.29) is 5.56 Å². The second-order valence-electron chi connectivity index (χ2n) is 5.78. The van der Waals surface area contributed by atoms with Gasteiger partial charge < -0.3 is 0 Å². The summed E-state index contributed by atoms with van der Waals surface area (Å²) in [7, 11) is 0. The molecule has 0 spiro atoms. The number of aromatic nitrogens is 1. The van der Waals surface area contributed by atoms with E-state index >= 15 is 0 Å². The molecule has 1 N–H and O–H groups in total. The molecule has 1 amide bonds. The third-order valence-corrected chi connectivity index (χ3v) is 6.26. The summed E-state index contributed by atoms with van der Waals surface area (Å²) in [5.74, 6) is 0.0288. The first-order chi connectivity index (χ1) is 13.4. The largest absolute Gasteiger partial charge is 0.298 e. The van der Waals surface area contributed by atoms with Gasteiger partial charge in [-0.25, -0.2) is 4.98 Å². The summed E-state index contributed by atoms with van der Waals surface area (Å²) < 4.78 is 0. The van der Waals surface area contributed by atoms with Crippen molar-refractivity contribution in [3.63, 3.8) is 0 Å². The Labute approximate surface area is 165 Å². The van der Waals surface area contributed by atoms with Crippen LogP contribution < -0.4 is 5.32 Å². The SMILES string of the molecule is O=C(Nc1nc2c(s1)CSc1ccccc1-2)c1cc([N+](=O)[O-])cc([N+](=O)[O-])c1. The minimum absolute atomic E-state index is 0.177. The molecule has 140 valence electrons. The average Bonchev–Trinajstić information content (AvgIpc) is 3.10. The van der Waals surface area contributed by atoms with Crippen LogP contribution in [0.5, 0.6) is 0 Å². The van der Waals surface area contributed by atoms with Gasteiger partial charge in [0.25, 0.3) is 17.3 Å². The van der Waals surface area contributed by atoms with E-state index in [1.54, 1.807) is 11.8 Å². The predicted octanol–water partition coefficient (Wildman–Crippen LogP) is 4.48. The van der Waals surface area contributed by atoms with Crippen molar-refractivity contribution < 1.29 is 14.6 Å². The molecular weight excluding hydrogens is 404 g/mol. The zero-order chi connectivity index (χ0) is 19.8. The van der Waals surface area contributed by atoms with E-state index in [4.69, 9.17) is 0 Å². The quantitative estimate of drug-likeness (QED) is 0.492. The molecule has 0 fully saturated rings. The highest BCUT2D eigenvalue weighted by Gasteiger charge is 2.24. The molecule has 0 radical (unpaired) electrons. The first-order valence-corrected chi connectivity index (χ1v) is 9.69. The van der Waals surface area contributed by atoms with Crippen molar-refractivity contribution in [2.75, 3.05) is 5.32 Å². The van der Waals surface area contributed by atoms with Crippen LogP contribution in [0.25, 0.3) is 11.3 Å². The number of fused-ring (bicyclic) bond motifs is 3. The molecule has 9 nitrogen and oxygen atoms in total. The number of nitro benzene ring substituents is 2. The standard InChI is InChI=1S/C17H10N4O5S2/c22-16(9-5-10(20(23)24)7-11(6-9)21(25)26)19-17-18-15-12-3-1-2-4-13(12)27-8-14(15)28-17/h1-7H,8H2,(H,18,19,22). The molecule has 28 heavy (non-hydrogen) atoms. The Balaban J connectivity index is 1.65. The molecule has 2 aromatic carbocycles. The van der Waals surface area contributed by atoms with E-state index in [0.29, 0.717) is 5.13 Å². The van der Waals surface area contributed by atoms with Crippen LogP contribution in [0.2, 0.25) is 0 Å². The van der Waals surface area contributed by atoms with E-state index < -0.39 is 27.1 Å². The fourth-order valence-electron chi connectivity index (χ4n) is 2.75. The number of rotatable bonds is 4. The van der Waals surface area contributed by atoms with Crippen LogP contribution in [-0.4, -0.2) is 20.7 Å². The fraction of sp³-hybridized carbons (Fsp3) is 0.0588. The molecule has 0 atom stereocenters. The maximum absolute atomic E-state index is 12.5. The lowest BCUT2D eigenvalue weighted by Gasteiger charge is -2.13. The van der Waals surface area contributed by atoms with Gasteiger partial charge in [0, 0.05) is 33.2 Å². The monoisotopic (exact) mass is 414 g/mol. The van der Waals surface area contributed by atoms with Gasteiger partial charge in [0.15, 0.2) is 5.13 Å². The summed E-state index contributed by atoms with van der Waals surface area (Å²) in [5.41, 5.74) is 0.547. The van der Waals surface area contributed by atoms with Crippen LogP contribution in [0.1, 0.15) is 15.2 Å². The zero-order valence-electron chi connectivity index (χ0n) is 13.9. The molecule has 0 saturated heterocycles. The van der Waals surface area contributed by atoms with Crippen LogP contribution in [0, 0.1) is 20.2 Å². The molecule has 0 saturated carbocycles. The van der Waals surface area contributed by atoms with Crippen LogP contribution in [0.15, 0.2) is 47.4 Å². The molecule has 4 rings (SSSR count). The predicted molar refractivity (Wildman–Crippen MR) is 105 cm³/mol. The molecule has 1 aromatic heterocycles. The van der Waals surface area contributed by atoms with Crippen LogP contribution in [-0.2, 0) is 5.75 Å². The molecular formula is C17H10N4O5S2. The minimum Gasteiger partial charge on any atom is -0.298 e. The molecule has 0 bridgehead atoms. The highest BCUT2D eigenvalue weighted by atomic mass is 32.2. The first-order valence-electron chi connectivity index (χ1n) is 7.89. The van der Waals surface area contributed by atoms with Gasteiger partial charge in [-0.05, 0) is 6.07 Å². The van der Waals surface area contributed by atoms with Crippen LogP contribution in [0.4, 0.5) is 16.5 Å². The average molecular weight is 414 g/mol. The summed E-state index contributed by atoms with van der Waals surface area (Å²) in [4.78, 5) is 39.6. The molecule has 0 aliphatic carbocycles. The Morgan fingerprint density at radius 3 is 2.43 bits per heavy atom. The maximum atomic E-state index is 12.5. The third kappa shape index (κ3) is 3.32. The Bertz CT molecular complexity index is 1110. The topological polar surface area (TPSA) is 128 Å². The van der Waals surface area contributed by atoms with Crippen molar-refractivity contribution in [3.05, 3.63) is 73.1 Å². The molecule has 2 heterocycles. The lowest BCUT2D eigenvalue weighted by molar-refractivity contribution is -0.394. The molecule has 11 heteroatoms. The number of amides is 1. The van der Waals surface area contributed by atoms with Crippen LogP contribution >= 0.6 is 23.1 Å². The summed E-state index contributed by atoms with van der Waals surface area (Å²) in [6.07, 6.45) is 0. The number of thioether (sulfide) groups is 1. The van der Waals surface area contributed by atoms with Crippen molar-refractivity contribution in [1.82, 2.24) is 4.98 Å². The molecule has 1 aliphatic heterocycles. The van der Waals surface area contributed by atoms with Gasteiger partial charge in [0.1, 0.15) is 0 Å². The molecule has 0 unspecified atom stereocenters. The van der Waals surface area contributed by atoms with Gasteiger partial charge in [0.05, 0.1) is 27.2 Å². The number of non-ortho nitro benzene ring substituents is 2. The van der Waals surface area contributed by atoms with Gasteiger partial charge in [-0.1, -0.05) is 18.2 Å². The number of benzene rings is 2. The number of nitrogens with one attached hydrogen (secondary N) is 1. The van der Waals surface area contributed by atoms with Gasteiger partial charge in [-0.15, -0.1) is 23.1 Å².